The molecule has 0 amide bonds. The van der Waals surface area contributed by atoms with Crippen LogP contribution < -0.4 is 0 Å². The van der Waals surface area contributed by atoms with Crippen molar-refractivity contribution in [2.45, 2.75) is 26.8 Å². The molecule has 0 atom stereocenters. The molecule has 5 aromatic rings. The number of hydrogen-bond donors (Lipinski definition) is 1. The molecular formula is C24H20N8. The summed E-state index contributed by atoms with van der Waals surface area (Å²) in [7, 11) is 0. The van der Waals surface area contributed by atoms with Gasteiger partial charge in [-0.3, -0.25) is 0 Å². The number of benzene rings is 2. The second-order valence-electron chi connectivity index (χ2n) is 7.55. The van der Waals surface area contributed by atoms with E-state index in [0.29, 0.717) is 18.1 Å². The van der Waals surface area contributed by atoms with Gasteiger partial charge in [-0.2, -0.15) is 10.5 Å². The first kappa shape index (κ1) is 19.6. The second kappa shape index (κ2) is 8.04. The van der Waals surface area contributed by atoms with Crippen LogP contribution in [0.5, 0.6) is 0 Å². The summed E-state index contributed by atoms with van der Waals surface area (Å²) in [6.07, 6.45) is 0.786. The summed E-state index contributed by atoms with van der Waals surface area (Å²) in [5.74, 6) is 1.52. The zero-order valence-electron chi connectivity index (χ0n) is 17.7. The number of nitrogens with zero attached hydrogens (tertiary/aromatic N) is 7. The summed E-state index contributed by atoms with van der Waals surface area (Å²) < 4.78 is 2.10. The van der Waals surface area contributed by atoms with Crippen LogP contribution in [0, 0.1) is 18.3 Å². The third kappa shape index (κ3) is 3.40. The monoisotopic (exact) mass is 420 g/mol. The molecule has 0 unspecified atom stereocenters. The number of aromatic nitrogens is 7. The van der Waals surface area contributed by atoms with Crippen molar-refractivity contribution in [3.05, 3.63) is 77.2 Å². The highest BCUT2D eigenvalue weighted by atomic mass is 15.5. The zero-order chi connectivity index (χ0) is 22.1. The summed E-state index contributed by atoms with van der Waals surface area (Å²) in [6.45, 7) is 4.68. The van der Waals surface area contributed by atoms with Crippen LogP contribution in [-0.2, 0) is 13.0 Å². The number of aromatic amines is 1. The van der Waals surface area contributed by atoms with Gasteiger partial charge in [-0.25, -0.2) is 9.97 Å². The molecule has 0 saturated carbocycles. The summed E-state index contributed by atoms with van der Waals surface area (Å²) >= 11 is 0. The summed E-state index contributed by atoms with van der Waals surface area (Å²) in [4.78, 5) is 9.32. The molecule has 0 bridgehead atoms. The van der Waals surface area contributed by atoms with E-state index in [1.165, 1.54) is 0 Å². The summed E-state index contributed by atoms with van der Waals surface area (Å²) in [6, 6.07) is 20.3. The van der Waals surface area contributed by atoms with E-state index in [1.54, 1.807) is 6.07 Å². The van der Waals surface area contributed by atoms with E-state index in [2.05, 4.69) is 73.5 Å². The lowest BCUT2D eigenvalue weighted by molar-refractivity contribution is 0.746. The highest BCUT2D eigenvalue weighted by Crippen LogP contribution is 2.30. The minimum atomic E-state index is 0.409. The zero-order valence-corrected chi connectivity index (χ0v) is 17.7. The molecule has 1 N–H and O–H groups in total. The maximum Gasteiger partial charge on any atom is 0.205 e. The Labute approximate surface area is 184 Å². The first-order chi connectivity index (χ1) is 15.7. The van der Waals surface area contributed by atoms with Gasteiger partial charge in [0.2, 0.25) is 5.82 Å². The Morgan fingerprint density at radius 3 is 2.50 bits per heavy atom. The van der Waals surface area contributed by atoms with Gasteiger partial charge in [-0.1, -0.05) is 55.5 Å². The fourth-order valence-corrected chi connectivity index (χ4v) is 3.96. The normalized spacial score (nSPS) is 11.0. The van der Waals surface area contributed by atoms with E-state index in [1.807, 2.05) is 25.1 Å². The lowest BCUT2D eigenvalue weighted by atomic mass is 9.98. The molecule has 156 valence electrons. The molecule has 3 aromatic heterocycles. The van der Waals surface area contributed by atoms with Crippen LogP contribution in [0.25, 0.3) is 33.7 Å². The Morgan fingerprint density at radius 1 is 1.03 bits per heavy atom. The molecule has 0 saturated heterocycles. The molecule has 3 heterocycles. The fraction of sp³-hybridized carbons (Fsp3) is 0.167. The van der Waals surface area contributed by atoms with Crippen LogP contribution in [0.3, 0.4) is 0 Å². The van der Waals surface area contributed by atoms with E-state index in [9.17, 15) is 5.26 Å². The number of aryl methyl sites for hydroxylation is 2. The lowest BCUT2D eigenvalue weighted by Gasteiger charge is -2.10. The average molecular weight is 420 g/mol. The third-order valence-corrected chi connectivity index (χ3v) is 5.52. The molecule has 5 rings (SSSR count). The number of fused-ring (bicyclic) bond motifs is 1. The minimum Gasteiger partial charge on any atom is -0.308 e. The smallest absolute Gasteiger partial charge is 0.205 e. The van der Waals surface area contributed by atoms with Crippen LogP contribution in [-0.4, -0.2) is 35.2 Å². The molecule has 2 aromatic carbocycles. The topological polar surface area (TPSA) is 109 Å². The van der Waals surface area contributed by atoms with E-state index in [4.69, 9.17) is 4.98 Å². The first-order valence-corrected chi connectivity index (χ1v) is 10.4. The standard InChI is InChI=1S/C24H20N8/c1-3-21-27-22-15(2)12-18(13-25)26-24(22)32(21)14-16-8-10-17(11-9-16)19-6-4-5-7-20(19)23-28-30-31-29-23/h4-12H,3,14H2,1-2H3,(H,28,29,30,31). The van der Waals surface area contributed by atoms with Crippen LogP contribution in [0.4, 0.5) is 0 Å². The lowest BCUT2D eigenvalue weighted by Crippen LogP contribution is -2.05. The highest BCUT2D eigenvalue weighted by molar-refractivity contribution is 5.80. The van der Waals surface area contributed by atoms with Crippen molar-refractivity contribution in [2.75, 3.05) is 0 Å². The molecule has 0 spiro atoms. The largest absolute Gasteiger partial charge is 0.308 e. The Hall–Kier alpha value is -4.38. The molecule has 8 nitrogen and oxygen atoms in total. The van der Waals surface area contributed by atoms with Crippen LogP contribution in [0.15, 0.2) is 54.6 Å². The van der Waals surface area contributed by atoms with Crippen molar-refractivity contribution < 1.29 is 0 Å². The molecule has 0 aliphatic carbocycles. The molecule has 0 radical (unpaired) electrons. The number of tetrazole rings is 1. The van der Waals surface area contributed by atoms with Gasteiger partial charge in [0, 0.05) is 12.0 Å². The second-order valence-corrected chi connectivity index (χ2v) is 7.55. The summed E-state index contributed by atoms with van der Waals surface area (Å²) in [5.41, 5.74) is 7.14. The van der Waals surface area contributed by atoms with Crippen molar-refractivity contribution in [1.82, 2.24) is 35.2 Å². The van der Waals surface area contributed by atoms with E-state index in [0.717, 1.165) is 51.2 Å². The number of H-pyrrole nitrogens is 1. The number of hydrogen-bond acceptors (Lipinski definition) is 6. The third-order valence-electron chi connectivity index (χ3n) is 5.52. The van der Waals surface area contributed by atoms with Gasteiger partial charge in [0.15, 0.2) is 5.65 Å². The van der Waals surface area contributed by atoms with Crippen molar-refractivity contribution >= 4 is 11.2 Å². The predicted octanol–water partition coefficient (Wildman–Crippen LogP) is 4.07. The Kier molecular flexibility index (Phi) is 4.92. The van der Waals surface area contributed by atoms with Gasteiger partial charge in [0.25, 0.3) is 0 Å². The van der Waals surface area contributed by atoms with Crippen molar-refractivity contribution in [2.24, 2.45) is 0 Å². The predicted molar refractivity (Wildman–Crippen MR) is 121 cm³/mol. The van der Waals surface area contributed by atoms with Gasteiger partial charge in [-0.05, 0) is 40.5 Å². The number of pyridine rings is 1. The maximum absolute atomic E-state index is 9.34. The van der Waals surface area contributed by atoms with Gasteiger partial charge in [0.05, 0.1) is 6.54 Å². The number of imidazole rings is 1. The molecule has 32 heavy (non-hydrogen) atoms. The first-order valence-electron chi connectivity index (χ1n) is 10.4. The Morgan fingerprint density at radius 2 is 1.81 bits per heavy atom. The molecule has 8 heteroatoms. The molecular weight excluding hydrogens is 400 g/mol. The van der Waals surface area contributed by atoms with Crippen LogP contribution in [0.2, 0.25) is 0 Å². The van der Waals surface area contributed by atoms with Crippen molar-refractivity contribution in [1.29, 1.82) is 5.26 Å². The fourth-order valence-electron chi connectivity index (χ4n) is 3.96. The SMILES string of the molecule is CCc1nc2c(C)cc(C#N)nc2n1Cc1ccc(-c2ccccc2-c2nn[nH]n2)cc1. The summed E-state index contributed by atoms with van der Waals surface area (Å²) in [5, 5.41) is 23.8. The average Bonchev–Trinajstić information content (AvgIpc) is 3.48. The van der Waals surface area contributed by atoms with Gasteiger partial charge < -0.3 is 4.57 Å². The van der Waals surface area contributed by atoms with Crippen LogP contribution in [0.1, 0.15) is 29.6 Å². The van der Waals surface area contributed by atoms with E-state index < -0.39 is 0 Å². The van der Waals surface area contributed by atoms with Crippen LogP contribution >= 0.6 is 0 Å². The van der Waals surface area contributed by atoms with Crippen molar-refractivity contribution in [3.8, 4) is 28.6 Å². The molecule has 0 aliphatic heterocycles. The maximum atomic E-state index is 9.34. The molecule has 0 aliphatic rings. The molecule has 0 fully saturated rings. The van der Waals surface area contributed by atoms with Gasteiger partial charge >= 0.3 is 0 Å². The van der Waals surface area contributed by atoms with Gasteiger partial charge in [0.1, 0.15) is 23.1 Å². The number of nitriles is 1. The van der Waals surface area contributed by atoms with E-state index >= 15 is 0 Å². The Bertz CT molecular complexity index is 1440. The van der Waals surface area contributed by atoms with Crippen molar-refractivity contribution in [3.63, 3.8) is 0 Å². The number of rotatable bonds is 5. The minimum absolute atomic E-state index is 0.409. The highest BCUT2D eigenvalue weighted by Gasteiger charge is 2.15. The Balaban J connectivity index is 1.51. The quantitative estimate of drug-likeness (QED) is 0.459. The van der Waals surface area contributed by atoms with Gasteiger partial charge in [-0.15, -0.1) is 10.2 Å². The number of nitrogens with one attached hydrogen (secondary N) is 1. The van der Waals surface area contributed by atoms with E-state index in [-0.39, 0.29) is 0 Å².